The Morgan fingerprint density at radius 2 is 1.03 bits per heavy atom. The maximum Gasteiger partial charge on any atom is 0.496 e. The highest BCUT2D eigenvalue weighted by Gasteiger charge is 2.52. The van der Waals surface area contributed by atoms with E-state index >= 15 is 0 Å². The van der Waals surface area contributed by atoms with Crippen molar-refractivity contribution in [2.24, 2.45) is 11.8 Å². The number of ether oxygens (including phenoxy) is 4. The van der Waals surface area contributed by atoms with E-state index in [2.05, 4.69) is 65.2 Å². The van der Waals surface area contributed by atoms with Crippen LogP contribution in [0.25, 0.3) is 22.4 Å². The van der Waals surface area contributed by atoms with Gasteiger partial charge < -0.3 is 28.3 Å². The summed E-state index contributed by atoms with van der Waals surface area (Å²) >= 11 is 3.22. The molecule has 14 nitrogen and oxygen atoms in total. The molecule has 2 atom stereocenters. The quantitative estimate of drug-likeness (QED) is 0.0757. The lowest BCUT2D eigenvalue weighted by atomic mass is 9.80. The van der Waals surface area contributed by atoms with Crippen molar-refractivity contribution in [1.29, 1.82) is 0 Å². The first-order valence-electron chi connectivity index (χ1n) is 21.6. The molecule has 0 saturated carbocycles. The third-order valence-corrected chi connectivity index (χ3v) is 10.9. The Balaban J connectivity index is 0.000000245. The van der Waals surface area contributed by atoms with Crippen molar-refractivity contribution in [3.63, 3.8) is 0 Å². The molecule has 0 radical (unpaired) electrons. The molecule has 0 aliphatic carbocycles. The van der Waals surface area contributed by atoms with Gasteiger partial charge in [0.25, 0.3) is 11.8 Å². The highest BCUT2D eigenvalue weighted by atomic mass is 79.9. The van der Waals surface area contributed by atoms with Gasteiger partial charge in [-0.2, -0.15) is 43.9 Å². The van der Waals surface area contributed by atoms with Crippen LogP contribution in [0.5, 0.6) is 11.8 Å². The molecule has 0 bridgehead atoms. The van der Waals surface area contributed by atoms with E-state index < -0.39 is 90.1 Å². The minimum absolute atomic E-state index is 0. The van der Waals surface area contributed by atoms with Gasteiger partial charge in [-0.25, -0.2) is 18.7 Å². The van der Waals surface area contributed by atoms with Crippen LogP contribution in [0, 0.1) is 23.5 Å². The highest BCUT2D eigenvalue weighted by Crippen LogP contribution is 2.37. The number of halogens is 13. The lowest BCUT2D eigenvalue weighted by Gasteiger charge is -2.32. The monoisotopic (exact) mass is 1120 g/mol. The molecule has 402 valence electrons. The Labute approximate surface area is 420 Å². The van der Waals surface area contributed by atoms with Crippen LogP contribution in [-0.2, 0) is 31.0 Å². The molecule has 0 amide bonds. The predicted molar refractivity (Wildman–Crippen MR) is 245 cm³/mol. The number of pyridine rings is 4. The topological polar surface area (TPSA) is 142 Å². The number of aromatic nitrogens is 8. The summed E-state index contributed by atoms with van der Waals surface area (Å²) in [4.78, 5) is 7.20. The van der Waals surface area contributed by atoms with Gasteiger partial charge in [-0.3, -0.25) is 8.80 Å². The molecule has 6 aromatic rings. The van der Waals surface area contributed by atoms with E-state index in [9.17, 15) is 52.7 Å². The van der Waals surface area contributed by atoms with E-state index in [1.54, 1.807) is 39.8 Å². The molecular formula is C45H52BBrF12N8O6. The van der Waals surface area contributed by atoms with Gasteiger partial charge in [-0.15, -0.1) is 20.4 Å². The zero-order valence-corrected chi connectivity index (χ0v) is 41.6. The summed E-state index contributed by atoms with van der Waals surface area (Å²) in [5.41, 5.74) is -0.150. The summed E-state index contributed by atoms with van der Waals surface area (Å²) in [6.07, 6.45) is -15.9. The summed E-state index contributed by atoms with van der Waals surface area (Å²) in [7, 11) is -0.851. The molecule has 6 aromatic heterocycles. The summed E-state index contributed by atoms with van der Waals surface area (Å²) in [6.45, 7) is 15.6. The van der Waals surface area contributed by atoms with Crippen LogP contribution in [0.1, 0.15) is 88.3 Å². The number of rotatable bonds is 14. The van der Waals surface area contributed by atoms with Crippen LogP contribution >= 0.6 is 15.9 Å². The van der Waals surface area contributed by atoms with Crippen molar-refractivity contribution in [1.82, 2.24) is 39.2 Å². The Bertz CT molecular complexity index is 2780. The number of nitrogens with zero attached hydrogens (tertiary/aromatic N) is 8. The molecular weight excluding hydrogens is 1070 g/mol. The molecule has 73 heavy (non-hydrogen) atoms. The van der Waals surface area contributed by atoms with E-state index in [0.717, 1.165) is 36.6 Å². The van der Waals surface area contributed by atoms with E-state index in [1.165, 1.54) is 35.1 Å². The Morgan fingerprint density at radius 3 is 1.45 bits per heavy atom. The lowest BCUT2D eigenvalue weighted by Crippen LogP contribution is -2.41. The van der Waals surface area contributed by atoms with E-state index in [4.69, 9.17) is 9.31 Å². The maximum atomic E-state index is 14.4. The molecule has 28 heteroatoms. The molecule has 1 aliphatic heterocycles. The SMILES string of the molecule is C.CC(C)COC(F)(F)c1nnc2ccc(-c3cnc(O[C@H](C)C(F)(F)F)c(F)c3)cn12.CC(C)COC(F)(F)c1nnc2ccc(Br)cn12.C[C@@H](Oc1ncc(B2OC(C)(C)C(C)(C)O2)cc1F)C(F)(F)F. The zero-order chi connectivity index (χ0) is 53.9. The van der Waals surface area contributed by atoms with Crippen molar-refractivity contribution >= 4 is 39.8 Å². The molecule has 1 saturated heterocycles. The van der Waals surface area contributed by atoms with Crippen molar-refractivity contribution in [2.75, 3.05) is 13.2 Å². The van der Waals surface area contributed by atoms with Crippen LogP contribution in [-0.4, -0.2) is 95.3 Å². The van der Waals surface area contributed by atoms with Gasteiger partial charge in [0.1, 0.15) is 0 Å². The second-order valence-electron chi connectivity index (χ2n) is 18.0. The molecule has 0 spiro atoms. The number of hydrogen-bond acceptors (Lipinski definition) is 12. The summed E-state index contributed by atoms with van der Waals surface area (Å²) in [5.74, 6) is -5.09. The van der Waals surface area contributed by atoms with E-state index in [1.807, 2.05) is 27.7 Å². The molecule has 1 fully saturated rings. The summed E-state index contributed by atoms with van der Waals surface area (Å²) in [6, 6.07) is 8.03. The molecule has 0 N–H and O–H groups in total. The average molecular weight is 1120 g/mol. The van der Waals surface area contributed by atoms with Crippen molar-refractivity contribution in [2.45, 2.75) is 125 Å². The molecule has 7 heterocycles. The van der Waals surface area contributed by atoms with Crippen LogP contribution in [0.15, 0.2) is 65.7 Å². The fourth-order valence-electron chi connectivity index (χ4n) is 5.77. The highest BCUT2D eigenvalue weighted by molar-refractivity contribution is 9.10. The lowest BCUT2D eigenvalue weighted by molar-refractivity contribution is -0.259. The first-order valence-corrected chi connectivity index (χ1v) is 22.4. The minimum Gasteiger partial charge on any atom is -0.463 e. The zero-order valence-electron chi connectivity index (χ0n) is 40.0. The first-order chi connectivity index (χ1) is 33.1. The first kappa shape index (κ1) is 60.2. The third-order valence-electron chi connectivity index (χ3n) is 10.5. The number of hydrogen-bond donors (Lipinski definition) is 0. The van der Waals surface area contributed by atoms with Gasteiger partial charge in [0.05, 0.1) is 24.4 Å². The molecule has 0 aromatic carbocycles. The van der Waals surface area contributed by atoms with Gasteiger partial charge in [0, 0.05) is 45.8 Å². The van der Waals surface area contributed by atoms with Crippen molar-refractivity contribution < 1.29 is 80.9 Å². The minimum atomic E-state index is -4.69. The van der Waals surface area contributed by atoms with Crippen molar-refractivity contribution in [3.8, 4) is 22.9 Å². The summed E-state index contributed by atoms with van der Waals surface area (Å²) < 4.78 is 193. The fraction of sp³-hybridized carbons (Fsp3) is 0.511. The largest absolute Gasteiger partial charge is 0.496 e. The summed E-state index contributed by atoms with van der Waals surface area (Å²) in [5, 5.41) is 14.3. The van der Waals surface area contributed by atoms with E-state index in [-0.39, 0.29) is 54.7 Å². The molecule has 1 aliphatic rings. The van der Waals surface area contributed by atoms with Crippen LogP contribution in [0.3, 0.4) is 0 Å². The Morgan fingerprint density at radius 1 is 0.603 bits per heavy atom. The molecule has 0 unspecified atom stereocenters. The van der Waals surface area contributed by atoms with Gasteiger partial charge in [0.15, 0.2) is 35.1 Å². The van der Waals surface area contributed by atoms with Gasteiger partial charge in [-0.05, 0) is 106 Å². The van der Waals surface area contributed by atoms with Gasteiger partial charge in [0.2, 0.25) is 11.6 Å². The third kappa shape index (κ3) is 15.2. The van der Waals surface area contributed by atoms with Gasteiger partial charge in [-0.1, -0.05) is 35.1 Å². The van der Waals surface area contributed by atoms with Crippen molar-refractivity contribution in [3.05, 3.63) is 88.9 Å². The van der Waals surface area contributed by atoms with Crippen LogP contribution in [0.2, 0.25) is 0 Å². The Kier molecular flexibility index (Phi) is 19.0. The number of fused-ring (bicyclic) bond motifs is 2. The van der Waals surface area contributed by atoms with E-state index in [0.29, 0.717) is 10.1 Å². The van der Waals surface area contributed by atoms with Gasteiger partial charge >= 0.3 is 31.7 Å². The Hall–Kier alpha value is -5.32. The standard InChI is InChI=1S/C19H18F6N4O2.C14H18BF4NO3.C11H12BrF2N3O.CH4/c1-10(2)9-30-19(24,25)17-28-27-15-5-4-12(8-29(15)17)13-6-14(20)16(26-7-13)31-11(3)18(21,22)23;1-8(14(17,18)19)21-11-10(16)6-9(7-20-11)15-22-12(2,3)13(4,5)23-15;1-7(2)6-18-11(13,14)10-16-15-9-4-3-8(12)5-17(9)10;/h4-8,10-11H,9H2,1-3H3;6-8H,1-5H3;3-5,7H,6H2,1-2H3;1H4/t11-;8-;;/m11../s1. The fourth-order valence-corrected chi connectivity index (χ4v) is 6.11. The van der Waals surface area contributed by atoms with Crippen LogP contribution < -0.4 is 14.9 Å². The predicted octanol–water partition coefficient (Wildman–Crippen LogP) is 11.7. The van der Waals surface area contributed by atoms with Crippen LogP contribution in [0.4, 0.5) is 52.7 Å². The number of alkyl halides is 10. The molecule has 7 rings (SSSR count). The smallest absolute Gasteiger partial charge is 0.463 e. The maximum absolute atomic E-state index is 14.4. The average Bonchev–Trinajstić information content (AvgIpc) is 3.96. The second kappa shape index (κ2) is 23.1. The second-order valence-corrected chi connectivity index (χ2v) is 18.9. The normalized spacial score (nSPS) is 15.7.